The molecular weight excluding hydrogens is 302 g/mol. The minimum absolute atomic E-state index is 0.125. The van der Waals surface area contributed by atoms with Crippen LogP contribution in [0.15, 0.2) is 30.5 Å². The Bertz CT molecular complexity index is 694. The first kappa shape index (κ1) is 16.8. The van der Waals surface area contributed by atoms with Crippen molar-refractivity contribution >= 4 is 6.03 Å². The van der Waals surface area contributed by atoms with E-state index < -0.39 is 23.7 Å². The number of nitrogens with zero attached hydrogens (tertiary/aromatic N) is 2. The first-order valence-corrected chi connectivity index (χ1v) is 7.27. The summed E-state index contributed by atoms with van der Waals surface area (Å²) >= 11 is 0. The van der Waals surface area contributed by atoms with Crippen molar-refractivity contribution in [3.05, 3.63) is 59.2 Å². The third-order valence-electron chi connectivity index (χ3n) is 3.31. The van der Waals surface area contributed by atoms with Crippen LogP contribution in [-0.2, 0) is 6.54 Å². The van der Waals surface area contributed by atoms with Crippen LogP contribution < -0.4 is 10.6 Å². The lowest BCUT2D eigenvalue weighted by Gasteiger charge is -2.18. The van der Waals surface area contributed by atoms with Crippen LogP contribution in [0.5, 0.6) is 0 Å². The normalized spacial score (nSPS) is 11.8. The van der Waals surface area contributed by atoms with Gasteiger partial charge in [-0.05, 0) is 37.6 Å². The highest BCUT2D eigenvalue weighted by Crippen LogP contribution is 2.21. The topological polar surface area (TPSA) is 66.9 Å². The minimum Gasteiger partial charge on any atom is -0.332 e. The molecule has 0 radical (unpaired) electrons. The van der Waals surface area contributed by atoms with Gasteiger partial charge in [0.1, 0.15) is 17.5 Å². The number of amides is 2. The van der Waals surface area contributed by atoms with Crippen molar-refractivity contribution in [2.45, 2.75) is 32.9 Å². The summed E-state index contributed by atoms with van der Waals surface area (Å²) in [5, 5.41) is 5.27. The van der Waals surface area contributed by atoms with Gasteiger partial charge in [0.25, 0.3) is 0 Å². The summed E-state index contributed by atoms with van der Waals surface area (Å²) in [6.07, 6.45) is 2.04. The number of benzene rings is 1. The van der Waals surface area contributed by atoms with Crippen molar-refractivity contribution in [2.24, 2.45) is 0 Å². The van der Waals surface area contributed by atoms with Crippen LogP contribution in [0.1, 0.15) is 36.5 Å². The molecule has 0 fully saturated rings. The second kappa shape index (κ2) is 7.62. The second-order valence-corrected chi connectivity index (χ2v) is 5.05. The maximum absolute atomic E-state index is 13.8. The summed E-state index contributed by atoms with van der Waals surface area (Å²) in [6, 6.07) is 3.79. The summed E-state index contributed by atoms with van der Waals surface area (Å²) in [5.74, 6) is -0.485. The number of carbonyl (C=O) groups excluding carboxylic acids is 1. The van der Waals surface area contributed by atoms with Gasteiger partial charge < -0.3 is 10.6 Å². The Morgan fingerprint density at radius 1 is 1.30 bits per heavy atom. The third-order valence-corrected chi connectivity index (χ3v) is 3.31. The fourth-order valence-electron chi connectivity index (χ4n) is 2.17. The molecule has 5 nitrogen and oxygen atoms in total. The molecule has 0 saturated carbocycles. The molecular formula is C16H18F2N4O. The Morgan fingerprint density at radius 3 is 2.78 bits per heavy atom. The molecule has 0 aliphatic heterocycles. The van der Waals surface area contributed by atoms with Crippen LogP contribution in [0.3, 0.4) is 0 Å². The van der Waals surface area contributed by atoms with Crippen molar-refractivity contribution < 1.29 is 13.6 Å². The van der Waals surface area contributed by atoms with Crippen LogP contribution in [0, 0.1) is 18.6 Å². The van der Waals surface area contributed by atoms with Gasteiger partial charge in [0.05, 0.1) is 18.3 Å². The molecule has 2 rings (SSSR count). The van der Waals surface area contributed by atoms with E-state index in [1.807, 2.05) is 0 Å². The zero-order valence-electron chi connectivity index (χ0n) is 12.9. The lowest BCUT2D eigenvalue weighted by molar-refractivity contribution is 0.236. The lowest BCUT2D eigenvalue weighted by atomic mass is 10.0. The molecule has 1 atom stereocenters. The van der Waals surface area contributed by atoms with E-state index in [4.69, 9.17) is 0 Å². The van der Waals surface area contributed by atoms with Crippen LogP contribution in [0.4, 0.5) is 13.6 Å². The van der Waals surface area contributed by atoms with E-state index in [-0.39, 0.29) is 12.1 Å². The first-order valence-electron chi connectivity index (χ1n) is 7.27. The van der Waals surface area contributed by atoms with Crippen molar-refractivity contribution in [3.8, 4) is 0 Å². The smallest absolute Gasteiger partial charge is 0.315 e. The third kappa shape index (κ3) is 4.70. The average Bonchev–Trinajstić information content (AvgIpc) is 2.53. The fraction of sp³-hybridized carbons (Fsp3) is 0.312. The number of hydrogen-bond donors (Lipinski definition) is 2. The Balaban J connectivity index is 1.98. The molecule has 2 aromatic rings. The van der Waals surface area contributed by atoms with Gasteiger partial charge in [-0.2, -0.15) is 0 Å². The largest absolute Gasteiger partial charge is 0.332 e. The highest BCUT2D eigenvalue weighted by atomic mass is 19.1. The van der Waals surface area contributed by atoms with Crippen LogP contribution in [-0.4, -0.2) is 16.0 Å². The molecule has 1 heterocycles. The second-order valence-electron chi connectivity index (χ2n) is 5.05. The maximum Gasteiger partial charge on any atom is 0.315 e. The van der Waals surface area contributed by atoms with Crippen molar-refractivity contribution in [3.63, 3.8) is 0 Å². The number of hydrogen-bond acceptors (Lipinski definition) is 3. The zero-order chi connectivity index (χ0) is 16.8. The minimum atomic E-state index is -0.613. The molecule has 122 valence electrons. The van der Waals surface area contributed by atoms with Gasteiger partial charge in [0.2, 0.25) is 0 Å². The standard InChI is InChI=1S/C16H18F2N4O/c1-3-15(13-8-11(17)4-5-14(13)18)22-16(23)20-9-12-6-7-19-10(2)21-12/h4-8,15H,3,9H2,1-2H3,(H2,20,22,23). The van der Waals surface area contributed by atoms with E-state index in [0.29, 0.717) is 17.9 Å². The highest BCUT2D eigenvalue weighted by Gasteiger charge is 2.17. The van der Waals surface area contributed by atoms with E-state index in [1.165, 1.54) is 0 Å². The van der Waals surface area contributed by atoms with Crippen LogP contribution >= 0.6 is 0 Å². The van der Waals surface area contributed by atoms with Gasteiger partial charge in [0.15, 0.2) is 0 Å². The van der Waals surface area contributed by atoms with Gasteiger partial charge in [-0.1, -0.05) is 6.92 Å². The lowest BCUT2D eigenvalue weighted by Crippen LogP contribution is -2.38. The van der Waals surface area contributed by atoms with E-state index in [2.05, 4.69) is 20.6 Å². The number of aromatic nitrogens is 2. The number of halogens is 2. The monoisotopic (exact) mass is 320 g/mol. The van der Waals surface area contributed by atoms with Gasteiger partial charge in [-0.15, -0.1) is 0 Å². The number of aryl methyl sites for hydroxylation is 1. The molecule has 23 heavy (non-hydrogen) atoms. The van der Waals surface area contributed by atoms with Gasteiger partial charge >= 0.3 is 6.03 Å². The van der Waals surface area contributed by atoms with Crippen LogP contribution in [0.25, 0.3) is 0 Å². The molecule has 1 unspecified atom stereocenters. The van der Waals surface area contributed by atoms with Crippen molar-refractivity contribution in [1.29, 1.82) is 0 Å². The predicted molar refractivity (Wildman–Crippen MR) is 81.5 cm³/mol. The Morgan fingerprint density at radius 2 is 2.09 bits per heavy atom. The summed E-state index contributed by atoms with van der Waals surface area (Å²) in [4.78, 5) is 20.1. The van der Waals surface area contributed by atoms with E-state index in [9.17, 15) is 13.6 Å². The predicted octanol–water partition coefficient (Wildman–Crippen LogP) is 3.01. The number of carbonyl (C=O) groups is 1. The zero-order valence-corrected chi connectivity index (χ0v) is 12.9. The average molecular weight is 320 g/mol. The molecule has 7 heteroatoms. The number of urea groups is 1. The van der Waals surface area contributed by atoms with Gasteiger partial charge in [-0.3, -0.25) is 0 Å². The van der Waals surface area contributed by atoms with Crippen molar-refractivity contribution in [2.75, 3.05) is 0 Å². The van der Waals surface area contributed by atoms with E-state index in [1.54, 1.807) is 26.1 Å². The highest BCUT2D eigenvalue weighted by molar-refractivity contribution is 5.74. The number of nitrogens with one attached hydrogen (secondary N) is 2. The molecule has 1 aromatic carbocycles. The number of rotatable bonds is 5. The summed E-state index contributed by atoms with van der Waals surface area (Å²) in [5.41, 5.74) is 0.790. The Kier molecular flexibility index (Phi) is 5.56. The molecule has 1 aromatic heterocycles. The van der Waals surface area contributed by atoms with E-state index in [0.717, 1.165) is 18.2 Å². The summed E-state index contributed by atoms with van der Waals surface area (Å²) in [7, 11) is 0. The van der Waals surface area contributed by atoms with Gasteiger partial charge in [-0.25, -0.2) is 23.5 Å². The molecule has 2 amide bonds. The quantitative estimate of drug-likeness (QED) is 0.890. The Hall–Kier alpha value is -2.57. The van der Waals surface area contributed by atoms with Gasteiger partial charge in [0, 0.05) is 11.8 Å². The molecule has 2 N–H and O–H groups in total. The molecule has 0 bridgehead atoms. The van der Waals surface area contributed by atoms with Crippen molar-refractivity contribution in [1.82, 2.24) is 20.6 Å². The van der Waals surface area contributed by atoms with Crippen LogP contribution in [0.2, 0.25) is 0 Å². The molecule has 0 aliphatic carbocycles. The molecule has 0 spiro atoms. The maximum atomic E-state index is 13.8. The fourth-order valence-corrected chi connectivity index (χ4v) is 2.17. The molecule has 0 aliphatic rings. The molecule has 0 saturated heterocycles. The summed E-state index contributed by atoms with van der Waals surface area (Å²) < 4.78 is 27.1. The van der Waals surface area contributed by atoms with E-state index >= 15 is 0 Å². The first-order chi connectivity index (χ1) is 11.0. The SMILES string of the molecule is CCC(NC(=O)NCc1ccnc(C)n1)c1cc(F)ccc1F. The Labute approximate surface area is 133 Å². The summed E-state index contributed by atoms with van der Waals surface area (Å²) in [6.45, 7) is 3.75.